The molecule has 1 saturated heterocycles. The highest BCUT2D eigenvalue weighted by Gasteiger charge is 2.45. The van der Waals surface area contributed by atoms with Crippen LogP contribution in [0.1, 0.15) is 60.4 Å². The average Bonchev–Trinajstić information content (AvgIpc) is 3.22. The zero-order valence-corrected chi connectivity index (χ0v) is 23.4. The third-order valence-electron chi connectivity index (χ3n) is 6.76. The lowest BCUT2D eigenvalue weighted by Gasteiger charge is -2.25. The van der Waals surface area contributed by atoms with Gasteiger partial charge in [-0.1, -0.05) is 43.4 Å². The highest BCUT2D eigenvalue weighted by molar-refractivity contribution is 5.97. The fourth-order valence-electron chi connectivity index (χ4n) is 4.62. The Morgan fingerprint density at radius 1 is 1.10 bits per heavy atom. The molecule has 2 aliphatic rings. The van der Waals surface area contributed by atoms with Gasteiger partial charge in [0.2, 0.25) is 0 Å². The van der Waals surface area contributed by atoms with E-state index < -0.39 is 42.1 Å². The Hall–Kier alpha value is -3.66. The molecule has 0 aliphatic carbocycles. The summed E-state index contributed by atoms with van der Waals surface area (Å²) < 4.78 is 34.8. The molecule has 9 nitrogen and oxygen atoms in total. The number of esters is 2. The summed E-state index contributed by atoms with van der Waals surface area (Å²) in [5.41, 5.74) is 0.995. The van der Waals surface area contributed by atoms with Gasteiger partial charge in [-0.25, -0.2) is 9.59 Å². The minimum atomic E-state index is -0.919. The number of carbonyl (C=O) groups is 2. The van der Waals surface area contributed by atoms with Crippen LogP contribution in [0.15, 0.2) is 60.7 Å². The maximum Gasteiger partial charge on any atom is 0.342 e. The minimum Gasteiger partial charge on any atom is -0.508 e. The van der Waals surface area contributed by atoms with Crippen molar-refractivity contribution in [3.05, 3.63) is 77.4 Å². The van der Waals surface area contributed by atoms with Gasteiger partial charge in [-0.2, -0.15) is 0 Å². The molecular formula is C31H36O9. The van der Waals surface area contributed by atoms with Crippen LogP contribution in [0.5, 0.6) is 11.5 Å². The highest BCUT2D eigenvalue weighted by Crippen LogP contribution is 2.35. The summed E-state index contributed by atoms with van der Waals surface area (Å²) >= 11 is 0. The largest absolute Gasteiger partial charge is 0.508 e. The van der Waals surface area contributed by atoms with Gasteiger partial charge in [0.05, 0.1) is 11.7 Å². The van der Waals surface area contributed by atoms with Gasteiger partial charge in [0.15, 0.2) is 12.6 Å². The number of carbonyl (C=O) groups excluding carboxylic acids is 2. The first kappa shape index (κ1) is 29.3. The molecule has 0 aromatic heterocycles. The predicted molar refractivity (Wildman–Crippen MR) is 147 cm³/mol. The molecule has 2 aromatic carbocycles. The number of fused-ring (bicyclic) bond motifs is 2. The fourth-order valence-corrected chi connectivity index (χ4v) is 4.62. The van der Waals surface area contributed by atoms with Crippen molar-refractivity contribution >= 4 is 18.0 Å². The standard InChI is InChI=1S/C31H36O9/c1-19-14-15-24(38-29(33)21-10-7-6-8-11-21)28-25(39-31(3,4)40-28)13-9-12-22-16-23(32)17-26(36-18-35-5)27(22)30(34)37-20(19)2/h6-12,14-17,19-20,24-25,28,32H,13,18H2,1-5H3/b12-9+,15-14-/t19-,20+,24?,25?,28?/m1/s1. The van der Waals surface area contributed by atoms with Crippen LogP contribution in [-0.4, -0.2) is 61.2 Å². The van der Waals surface area contributed by atoms with Gasteiger partial charge in [0.25, 0.3) is 0 Å². The molecule has 2 aliphatic heterocycles. The maximum absolute atomic E-state index is 13.4. The molecule has 9 heteroatoms. The minimum absolute atomic E-state index is 0.0832. The van der Waals surface area contributed by atoms with Gasteiger partial charge < -0.3 is 33.5 Å². The number of cyclic esters (lactones) is 1. The van der Waals surface area contributed by atoms with Gasteiger partial charge in [-0.05, 0) is 57.0 Å². The fraction of sp³-hybridized carbons (Fsp3) is 0.419. The monoisotopic (exact) mass is 552 g/mol. The third-order valence-corrected chi connectivity index (χ3v) is 6.76. The highest BCUT2D eigenvalue weighted by atomic mass is 16.8. The summed E-state index contributed by atoms with van der Waals surface area (Å²) in [6.07, 6.45) is 5.08. The second kappa shape index (κ2) is 12.7. The summed E-state index contributed by atoms with van der Waals surface area (Å²) in [5, 5.41) is 10.3. The van der Waals surface area contributed by atoms with E-state index in [0.717, 1.165) is 0 Å². The first-order valence-electron chi connectivity index (χ1n) is 13.2. The summed E-state index contributed by atoms with van der Waals surface area (Å²) in [5.74, 6) is -2.21. The van der Waals surface area contributed by atoms with Crippen LogP contribution in [0.3, 0.4) is 0 Å². The van der Waals surface area contributed by atoms with Crippen LogP contribution in [0.2, 0.25) is 0 Å². The Morgan fingerprint density at radius 3 is 2.58 bits per heavy atom. The Kier molecular flexibility index (Phi) is 9.29. The summed E-state index contributed by atoms with van der Waals surface area (Å²) in [4.78, 5) is 26.4. The summed E-state index contributed by atoms with van der Waals surface area (Å²) in [7, 11) is 1.46. The number of methoxy groups -OCH3 is 1. The number of hydrogen-bond acceptors (Lipinski definition) is 9. The van der Waals surface area contributed by atoms with Crippen LogP contribution in [0, 0.1) is 5.92 Å². The first-order chi connectivity index (χ1) is 19.1. The van der Waals surface area contributed by atoms with Crippen molar-refractivity contribution in [1.29, 1.82) is 0 Å². The van der Waals surface area contributed by atoms with Crippen molar-refractivity contribution in [2.45, 2.75) is 64.3 Å². The number of aromatic hydroxyl groups is 1. The molecule has 0 spiro atoms. The van der Waals surface area contributed by atoms with Crippen molar-refractivity contribution < 1.29 is 43.1 Å². The van der Waals surface area contributed by atoms with Crippen LogP contribution in [0.4, 0.5) is 0 Å². The third kappa shape index (κ3) is 7.10. The smallest absolute Gasteiger partial charge is 0.342 e. The van der Waals surface area contributed by atoms with Crippen molar-refractivity contribution in [2.24, 2.45) is 5.92 Å². The van der Waals surface area contributed by atoms with Gasteiger partial charge in [-0.3, -0.25) is 0 Å². The molecular weight excluding hydrogens is 516 g/mol. The number of hydrogen-bond donors (Lipinski definition) is 1. The van der Waals surface area contributed by atoms with Crippen molar-refractivity contribution in [3.8, 4) is 11.5 Å². The molecule has 214 valence electrons. The lowest BCUT2D eigenvalue weighted by atomic mass is 9.98. The van der Waals surface area contributed by atoms with Crippen molar-refractivity contribution in [2.75, 3.05) is 13.9 Å². The van der Waals surface area contributed by atoms with E-state index in [1.165, 1.54) is 19.2 Å². The van der Waals surface area contributed by atoms with Gasteiger partial charge in [0.1, 0.15) is 35.4 Å². The van der Waals surface area contributed by atoms with Gasteiger partial charge in [0, 0.05) is 19.1 Å². The number of ether oxygens (including phenoxy) is 6. The molecule has 0 amide bonds. The van der Waals surface area contributed by atoms with Gasteiger partial charge >= 0.3 is 11.9 Å². The summed E-state index contributed by atoms with van der Waals surface area (Å²) in [6, 6.07) is 11.6. The Balaban J connectivity index is 1.73. The maximum atomic E-state index is 13.4. The zero-order valence-electron chi connectivity index (χ0n) is 23.4. The second-order valence-corrected chi connectivity index (χ2v) is 10.3. The number of phenols is 1. The molecule has 0 saturated carbocycles. The van der Waals surface area contributed by atoms with E-state index in [1.54, 1.807) is 43.3 Å². The quantitative estimate of drug-likeness (QED) is 0.301. The lowest BCUT2D eigenvalue weighted by molar-refractivity contribution is -0.152. The molecule has 2 aromatic rings. The Bertz CT molecular complexity index is 1250. The van der Waals surface area contributed by atoms with E-state index in [-0.39, 0.29) is 29.8 Å². The van der Waals surface area contributed by atoms with E-state index >= 15 is 0 Å². The van der Waals surface area contributed by atoms with Gasteiger partial charge in [-0.15, -0.1) is 0 Å². The number of benzene rings is 2. The topological polar surface area (TPSA) is 110 Å². The Labute approximate surface area is 234 Å². The molecule has 0 bridgehead atoms. The van der Waals surface area contributed by atoms with Crippen molar-refractivity contribution in [1.82, 2.24) is 0 Å². The van der Waals surface area contributed by atoms with Crippen LogP contribution in [-0.2, 0) is 23.7 Å². The van der Waals surface area contributed by atoms with E-state index in [2.05, 4.69) is 0 Å². The zero-order chi connectivity index (χ0) is 28.9. The number of rotatable bonds is 5. The van der Waals surface area contributed by atoms with Crippen molar-refractivity contribution in [3.63, 3.8) is 0 Å². The Morgan fingerprint density at radius 2 is 1.85 bits per heavy atom. The molecule has 0 radical (unpaired) electrons. The van der Waals surface area contributed by atoms with E-state index in [0.29, 0.717) is 17.5 Å². The molecule has 3 unspecified atom stereocenters. The van der Waals surface area contributed by atoms with Crippen LogP contribution in [0.25, 0.3) is 6.08 Å². The molecule has 1 fully saturated rings. The van der Waals surface area contributed by atoms with E-state index in [4.69, 9.17) is 28.4 Å². The molecule has 5 atom stereocenters. The molecule has 2 heterocycles. The van der Waals surface area contributed by atoms with E-state index in [1.807, 2.05) is 39.0 Å². The van der Waals surface area contributed by atoms with Crippen LogP contribution >= 0.6 is 0 Å². The predicted octanol–water partition coefficient (Wildman–Crippen LogP) is 5.28. The molecule has 40 heavy (non-hydrogen) atoms. The number of phenolic OH excluding ortho intramolecular Hbond substituents is 1. The molecule has 1 N–H and O–H groups in total. The normalized spacial score (nSPS) is 27.8. The summed E-state index contributed by atoms with van der Waals surface area (Å²) in [6.45, 7) is 7.16. The van der Waals surface area contributed by atoms with Crippen LogP contribution < -0.4 is 4.74 Å². The second-order valence-electron chi connectivity index (χ2n) is 10.3. The molecule has 4 rings (SSSR count). The lowest BCUT2D eigenvalue weighted by Crippen LogP contribution is -2.37. The average molecular weight is 553 g/mol. The van der Waals surface area contributed by atoms with E-state index in [9.17, 15) is 14.7 Å². The SMILES string of the molecule is COCOc1cc(O)cc2c1C(=O)O[C@@H](C)[C@H](C)/C=C\C(OC(=O)c1ccccc1)C1OC(C)(C)OC1C/C=C/2. The first-order valence-corrected chi connectivity index (χ1v) is 13.2.